The molecule has 0 unspecified atom stereocenters. The Labute approximate surface area is 104 Å². The molecule has 0 saturated carbocycles. The monoisotopic (exact) mass is 247 g/mol. The molecule has 0 bridgehead atoms. The molecule has 4 N–H and O–H groups in total. The van der Waals surface area contributed by atoms with E-state index < -0.39 is 0 Å². The number of aryl methyl sites for hydroxylation is 2. The summed E-state index contributed by atoms with van der Waals surface area (Å²) in [4.78, 5) is 12.8. The quantitative estimate of drug-likeness (QED) is 0.786. The first-order valence-corrected chi connectivity index (χ1v) is 5.88. The zero-order valence-electron chi connectivity index (χ0n) is 9.64. The molecule has 0 amide bonds. The lowest BCUT2D eigenvalue weighted by atomic mass is 10.4. The average molecular weight is 247 g/mol. The first kappa shape index (κ1) is 11.7. The third-order valence-electron chi connectivity index (χ3n) is 2.09. The molecular weight excluding hydrogens is 234 g/mol. The van der Waals surface area contributed by atoms with Crippen molar-refractivity contribution in [3.63, 3.8) is 0 Å². The molecule has 0 aliphatic carbocycles. The SMILES string of the molecule is Cc1cc(C)nc(Sc2ccc(N)c(N)n2)n1. The predicted octanol–water partition coefficient (Wildman–Crippen LogP) is 1.80. The summed E-state index contributed by atoms with van der Waals surface area (Å²) in [6.07, 6.45) is 0. The van der Waals surface area contributed by atoms with Crippen LogP contribution in [0.15, 0.2) is 28.4 Å². The van der Waals surface area contributed by atoms with Crippen molar-refractivity contribution in [1.29, 1.82) is 0 Å². The second-order valence-corrected chi connectivity index (χ2v) is 4.65. The minimum atomic E-state index is 0.333. The normalized spacial score (nSPS) is 10.5. The molecule has 5 nitrogen and oxygen atoms in total. The highest BCUT2D eigenvalue weighted by Gasteiger charge is 2.05. The van der Waals surface area contributed by atoms with Crippen molar-refractivity contribution in [2.75, 3.05) is 11.5 Å². The lowest BCUT2D eigenvalue weighted by Crippen LogP contribution is -1.99. The minimum absolute atomic E-state index is 0.333. The summed E-state index contributed by atoms with van der Waals surface area (Å²) in [5, 5.41) is 1.40. The van der Waals surface area contributed by atoms with Crippen LogP contribution in [0.2, 0.25) is 0 Å². The number of nitrogens with zero attached hydrogens (tertiary/aromatic N) is 3. The molecule has 0 aromatic carbocycles. The van der Waals surface area contributed by atoms with Crippen LogP contribution in [-0.4, -0.2) is 15.0 Å². The minimum Gasteiger partial charge on any atom is -0.396 e. The van der Waals surface area contributed by atoms with E-state index >= 15 is 0 Å². The second-order valence-electron chi connectivity index (χ2n) is 3.66. The highest BCUT2D eigenvalue weighted by molar-refractivity contribution is 7.99. The topological polar surface area (TPSA) is 90.7 Å². The maximum absolute atomic E-state index is 5.64. The maximum atomic E-state index is 5.64. The summed E-state index contributed by atoms with van der Waals surface area (Å²) < 4.78 is 0. The van der Waals surface area contributed by atoms with E-state index in [2.05, 4.69) is 15.0 Å². The van der Waals surface area contributed by atoms with Gasteiger partial charge in [-0.1, -0.05) is 0 Å². The maximum Gasteiger partial charge on any atom is 0.194 e. The van der Waals surface area contributed by atoms with Gasteiger partial charge < -0.3 is 11.5 Å². The van der Waals surface area contributed by atoms with Gasteiger partial charge in [-0.25, -0.2) is 15.0 Å². The molecule has 0 atom stereocenters. The molecule has 17 heavy (non-hydrogen) atoms. The molecule has 2 rings (SSSR count). The Morgan fingerprint density at radius 3 is 2.24 bits per heavy atom. The summed E-state index contributed by atoms with van der Waals surface area (Å²) in [6, 6.07) is 5.46. The molecule has 0 saturated heterocycles. The van der Waals surface area contributed by atoms with Crippen LogP contribution < -0.4 is 11.5 Å². The van der Waals surface area contributed by atoms with Gasteiger partial charge in [0.1, 0.15) is 10.8 Å². The van der Waals surface area contributed by atoms with E-state index in [9.17, 15) is 0 Å². The van der Waals surface area contributed by atoms with E-state index in [4.69, 9.17) is 11.5 Å². The van der Waals surface area contributed by atoms with Crippen LogP contribution in [0.3, 0.4) is 0 Å². The Bertz CT molecular complexity index is 535. The Balaban J connectivity index is 2.28. The second kappa shape index (κ2) is 4.58. The van der Waals surface area contributed by atoms with Gasteiger partial charge in [-0.05, 0) is 43.8 Å². The van der Waals surface area contributed by atoms with E-state index in [0.717, 1.165) is 16.4 Å². The van der Waals surface area contributed by atoms with Crippen molar-refractivity contribution in [2.45, 2.75) is 24.0 Å². The van der Waals surface area contributed by atoms with Crippen LogP contribution in [-0.2, 0) is 0 Å². The van der Waals surface area contributed by atoms with Crippen LogP contribution >= 0.6 is 11.8 Å². The lowest BCUT2D eigenvalue weighted by molar-refractivity contribution is 0.899. The van der Waals surface area contributed by atoms with Gasteiger partial charge in [0.2, 0.25) is 0 Å². The summed E-state index contributed by atoms with van der Waals surface area (Å²) in [5.74, 6) is 0.333. The van der Waals surface area contributed by atoms with Crippen molar-refractivity contribution < 1.29 is 0 Å². The molecule has 2 heterocycles. The van der Waals surface area contributed by atoms with Crippen LogP contribution in [0.4, 0.5) is 11.5 Å². The molecule has 2 aromatic heterocycles. The van der Waals surface area contributed by atoms with Crippen molar-refractivity contribution in [3.8, 4) is 0 Å². The van der Waals surface area contributed by atoms with E-state index in [-0.39, 0.29) is 0 Å². The number of hydrogen-bond acceptors (Lipinski definition) is 6. The molecule has 0 fully saturated rings. The van der Waals surface area contributed by atoms with E-state index in [1.165, 1.54) is 11.8 Å². The zero-order valence-corrected chi connectivity index (χ0v) is 10.5. The molecule has 0 radical (unpaired) electrons. The number of pyridine rings is 1. The highest BCUT2D eigenvalue weighted by Crippen LogP contribution is 2.25. The van der Waals surface area contributed by atoms with Gasteiger partial charge in [-0.3, -0.25) is 0 Å². The fourth-order valence-electron chi connectivity index (χ4n) is 1.36. The number of rotatable bonds is 2. The number of nitrogen functional groups attached to an aromatic ring is 2. The van der Waals surface area contributed by atoms with Gasteiger partial charge in [-0.15, -0.1) is 0 Å². The number of hydrogen-bond donors (Lipinski definition) is 2. The van der Waals surface area contributed by atoms with Crippen LogP contribution in [0, 0.1) is 13.8 Å². The summed E-state index contributed by atoms with van der Waals surface area (Å²) >= 11 is 1.37. The van der Waals surface area contributed by atoms with E-state index in [0.29, 0.717) is 16.7 Å². The molecule has 88 valence electrons. The molecule has 0 spiro atoms. The molecule has 6 heteroatoms. The smallest absolute Gasteiger partial charge is 0.194 e. The number of nitrogens with two attached hydrogens (primary N) is 2. The van der Waals surface area contributed by atoms with E-state index in [1.807, 2.05) is 19.9 Å². The Morgan fingerprint density at radius 1 is 1.00 bits per heavy atom. The number of aromatic nitrogens is 3. The van der Waals surface area contributed by atoms with Gasteiger partial charge in [0, 0.05) is 11.4 Å². The van der Waals surface area contributed by atoms with E-state index in [1.54, 1.807) is 12.1 Å². The fourth-order valence-corrected chi connectivity index (χ4v) is 2.20. The molecule has 0 aliphatic heterocycles. The third kappa shape index (κ3) is 2.85. The highest BCUT2D eigenvalue weighted by atomic mass is 32.2. The van der Waals surface area contributed by atoms with Gasteiger partial charge in [0.15, 0.2) is 5.16 Å². The average Bonchev–Trinajstić information content (AvgIpc) is 2.22. The Hall–Kier alpha value is -1.82. The van der Waals surface area contributed by atoms with Crippen molar-refractivity contribution in [1.82, 2.24) is 15.0 Å². The Kier molecular flexibility index (Phi) is 3.14. The largest absolute Gasteiger partial charge is 0.396 e. The first-order valence-electron chi connectivity index (χ1n) is 5.07. The molecular formula is C11H13N5S. The molecule has 0 aliphatic rings. The summed E-state index contributed by atoms with van der Waals surface area (Å²) in [6.45, 7) is 3.87. The third-order valence-corrected chi connectivity index (χ3v) is 2.89. The van der Waals surface area contributed by atoms with Gasteiger partial charge in [0.25, 0.3) is 0 Å². The Morgan fingerprint density at radius 2 is 1.65 bits per heavy atom. The standard InChI is InChI=1S/C11H13N5S/c1-6-5-7(2)15-11(14-6)17-9-4-3-8(12)10(13)16-9/h3-5H,12H2,1-2H3,(H2,13,16). The van der Waals surface area contributed by atoms with Crippen molar-refractivity contribution in [2.24, 2.45) is 0 Å². The van der Waals surface area contributed by atoms with Crippen LogP contribution in [0.25, 0.3) is 0 Å². The fraction of sp³-hybridized carbons (Fsp3) is 0.182. The predicted molar refractivity (Wildman–Crippen MR) is 68.7 cm³/mol. The van der Waals surface area contributed by atoms with Gasteiger partial charge in [0.05, 0.1) is 5.69 Å². The number of anilines is 2. The van der Waals surface area contributed by atoms with Crippen LogP contribution in [0.1, 0.15) is 11.4 Å². The summed E-state index contributed by atoms with van der Waals surface area (Å²) in [7, 11) is 0. The molecule has 2 aromatic rings. The van der Waals surface area contributed by atoms with Crippen molar-refractivity contribution in [3.05, 3.63) is 29.6 Å². The summed E-state index contributed by atoms with van der Waals surface area (Å²) in [5.41, 5.74) is 13.6. The van der Waals surface area contributed by atoms with Gasteiger partial charge >= 0.3 is 0 Å². The van der Waals surface area contributed by atoms with Gasteiger partial charge in [-0.2, -0.15) is 0 Å². The van der Waals surface area contributed by atoms with Crippen LogP contribution in [0.5, 0.6) is 0 Å². The first-order chi connectivity index (χ1) is 8.04. The zero-order chi connectivity index (χ0) is 12.4. The lowest BCUT2D eigenvalue weighted by Gasteiger charge is -2.04. The van der Waals surface area contributed by atoms with Crippen molar-refractivity contribution >= 4 is 23.3 Å².